The van der Waals surface area contributed by atoms with Crippen LogP contribution in [0.15, 0.2) is 22.7 Å². The summed E-state index contributed by atoms with van der Waals surface area (Å²) in [7, 11) is 2.12. The number of aliphatic imine (C=N–C) groups is 1. The van der Waals surface area contributed by atoms with Crippen molar-refractivity contribution in [2.45, 2.75) is 40.0 Å². The second-order valence-electron chi connectivity index (χ2n) is 9.25. The summed E-state index contributed by atoms with van der Waals surface area (Å²) in [5.41, 5.74) is 5.60. The van der Waals surface area contributed by atoms with Gasteiger partial charge in [0.05, 0.1) is 16.5 Å². The van der Waals surface area contributed by atoms with Crippen LogP contribution in [0.4, 0.5) is 0 Å². The Morgan fingerprint density at radius 1 is 1.23 bits per heavy atom. The van der Waals surface area contributed by atoms with E-state index in [1.165, 1.54) is 0 Å². The predicted octanol–water partition coefficient (Wildman–Crippen LogP) is 3.88. The van der Waals surface area contributed by atoms with Crippen molar-refractivity contribution in [3.63, 3.8) is 0 Å². The molecule has 0 N–H and O–H groups in total. The molecule has 0 bridgehead atoms. The van der Waals surface area contributed by atoms with Crippen LogP contribution in [0.25, 0.3) is 0 Å². The summed E-state index contributed by atoms with van der Waals surface area (Å²) in [5, 5.41) is 0.600. The minimum absolute atomic E-state index is 0.0593. The van der Waals surface area contributed by atoms with E-state index >= 15 is 0 Å². The van der Waals surface area contributed by atoms with Gasteiger partial charge in [-0.1, -0.05) is 30.2 Å². The van der Waals surface area contributed by atoms with Crippen LogP contribution >= 0.6 is 11.6 Å². The van der Waals surface area contributed by atoms with Gasteiger partial charge in [0.2, 0.25) is 0 Å². The largest absolute Gasteiger partial charge is 0.337 e. The first-order valence-electron chi connectivity index (χ1n) is 10.7. The first kappa shape index (κ1) is 21.3. The van der Waals surface area contributed by atoms with Crippen molar-refractivity contribution in [1.82, 2.24) is 9.80 Å². The summed E-state index contributed by atoms with van der Waals surface area (Å²) < 4.78 is 0. The number of hydrogen-bond acceptors (Lipinski definition) is 3. The molecule has 2 amide bonds. The van der Waals surface area contributed by atoms with E-state index in [0.717, 1.165) is 47.5 Å². The highest BCUT2D eigenvalue weighted by Gasteiger charge is 2.36. The number of amides is 2. The van der Waals surface area contributed by atoms with Gasteiger partial charge in [0, 0.05) is 31.9 Å². The van der Waals surface area contributed by atoms with Crippen LogP contribution in [0.1, 0.15) is 53.7 Å². The van der Waals surface area contributed by atoms with E-state index in [-0.39, 0.29) is 17.7 Å². The van der Waals surface area contributed by atoms with Crippen LogP contribution < -0.4 is 0 Å². The molecule has 5 nitrogen and oxygen atoms in total. The second kappa shape index (κ2) is 7.93. The molecule has 2 unspecified atom stereocenters. The van der Waals surface area contributed by atoms with Crippen molar-refractivity contribution in [1.29, 1.82) is 0 Å². The zero-order valence-electron chi connectivity index (χ0n) is 18.5. The van der Waals surface area contributed by atoms with Crippen LogP contribution in [0, 0.1) is 18.8 Å². The topological polar surface area (TPSA) is 53.0 Å². The summed E-state index contributed by atoms with van der Waals surface area (Å²) in [6, 6.07) is 2.18. The number of rotatable bonds is 4. The van der Waals surface area contributed by atoms with Crippen molar-refractivity contribution in [2.75, 3.05) is 33.2 Å². The SMILES string of the molecule is CC1=CC(C)=NC(=O)C1CN1CCc2c(C)cc(C(C)C3CN(C)C3)c(Cl)c2C1=O. The number of allylic oxidation sites excluding steroid dienone is 1. The summed E-state index contributed by atoms with van der Waals surface area (Å²) in [4.78, 5) is 34.1. The number of dihydropyridines is 1. The quantitative estimate of drug-likeness (QED) is 0.732. The van der Waals surface area contributed by atoms with E-state index < -0.39 is 0 Å². The molecule has 1 saturated heterocycles. The van der Waals surface area contributed by atoms with Crippen molar-refractivity contribution in [3.05, 3.63) is 45.0 Å². The van der Waals surface area contributed by atoms with Gasteiger partial charge in [0.25, 0.3) is 11.8 Å². The first-order chi connectivity index (χ1) is 14.2. The fourth-order valence-electron chi connectivity index (χ4n) is 5.08. The van der Waals surface area contributed by atoms with Crippen LogP contribution in [-0.4, -0.2) is 60.6 Å². The van der Waals surface area contributed by atoms with E-state index in [1.54, 1.807) is 4.90 Å². The molecule has 30 heavy (non-hydrogen) atoms. The van der Waals surface area contributed by atoms with Gasteiger partial charge in [-0.15, -0.1) is 0 Å². The summed E-state index contributed by atoms with van der Waals surface area (Å²) in [5.74, 6) is 0.282. The molecule has 1 aromatic carbocycles. The van der Waals surface area contributed by atoms with E-state index in [4.69, 9.17) is 11.6 Å². The third-order valence-electron chi connectivity index (χ3n) is 7.02. The third-order valence-corrected chi connectivity index (χ3v) is 7.43. The standard InChI is InChI=1S/C24H30ClN3O2/c1-13-8-15(3)26-23(29)20(13)12-28-7-6-18-14(2)9-19(22(25)21(18)24(28)30)16(4)17-10-27(5)11-17/h8-9,16-17,20H,6-7,10-12H2,1-5H3. The van der Waals surface area contributed by atoms with Gasteiger partial charge in [0.1, 0.15) is 0 Å². The average molecular weight is 428 g/mol. The fraction of sp³-hybridized carbons (Fsp3) is 0.542. The lowest BCUT2D eigenvalue weighted by Gasteiger charge is -2.41. The lowest BCUT2D eigenvalue weighted by atomic mass is 9.80. The van der Waals surface area contributed by atoms with Crippen molar-refractivity contribution in [2.24, 2.45) is 16.8 Å². The number of likely N-dealkylation sites (tertiary alicyclic amines) is 1. The number of halogens is 1. The maximum Gasteiger partial charge on any atom is 0.255 e. The molecule has 2 atom stereocenters. The number of nitrogens with zero attached hydrogens (tertiary/aromatic N) is 3. The zero-order valence-corrected chi connectivity index (χ0v) is 19.2. The molecule has 0 aliphatic carbocycles. The lowest BCUT2D eigenvalue weighted by molar-refractivity contribution is -0.120. The third kappa shape index (κ3) is 3.63. The van der Waals surface area contributed by atoms with E-state index in [2.05, 4.69) is 36.9 Å². The smallest absolute Gasteiger partial charge is 0.255 e. The molecule has 4 rings (SSSR count). The van der Waals surface area contributed by atoms with E-state index in [1.807, 2.05) is 19.9 Å². The van der Waals surface area contributed by atoms with Crippen LogP contribution in [0.3, 0.4) is 0 Å². The Bertz CT molecular complexity index is 975. The number of carbonyl (C=O) groups excluding carboxylic acids is 2. The first-order valence-corrected chi connectivity index (χ1v) is 11.1. The van der Waals surface area contributed by atoms with Gasteiger partial charge in [-0.25, -0.2) is 4.99 Å². The van der Waals surface area contributed by atoms with Crippen LogP contribution in [0.2, 0.25) is 5.02 Å². The number of hydrogen-bond donors (Lipinski definition) is 0. The molecule has 0 aromatic heterocycles. The van der Waals surface area contributed by atoms with Gasteiger partial charge in [-0.05, 0) is 68.8 Å². The Kier molecular flexibility index (Phi) is 5.62. The monoisotopic (exact) mass is 427 g/mol. The van der Waals surface area contributed by atoms with Crippen molar-refractivity contribution < 1.29 is 9.59 Å². The molecule has 0 radical (unpaired) electrons. The molecule has 160 valence electrons. The summed E-state index contributed by atoms with van der Waals surface area (Å²) in [6.07, 6.45) is 2.69. The summed E-state index contributed by atoms with van der Waals surface area (Å²) >= 11 is 6.87. The molecule has 6 heteroatoms. The Morgan fingerprint density at radius 2 is 1.93 bits per heavy atom. The lowest BCUT2D eigenvalue weighted by Crippen LogP contribution is -2.46. The minimum atomic E-state index is -0.369. The Morgan fingerprint density at radius 3 is 2.57 bits per heavy atom. The number of aryl methyl sites for hydroxylation is 1. The number of carbonyl (C=O) groups is 2. The minimum Gasteiger partial charge on any atom is -0.337 e. The van der Waals surface area contributed by atoms with Crippen molar-refractivity contribution >= 4 is 29.1 Å². The molecule has 3 aliphatic heterocycles. The van der Waals surface area contributed by atoms with Crippen molar-refractivity contribution in [3.8, 4) is 0 Å². The van der Waals surface area contributed by atoms with Gasteiger partial charge in [0.15, 0.2) is 0 Å². The molecular formula is C24H30ClN3O2. The van der Waals surface area contributed by atoms with E-state index in [0.29, 0.717) is 35.5 Å². The zero-order chi connectivity index (χ0) is 21.7. The average Bonchev–Trinajstić information content (AvgIpc) is 2.65. The highest BCUT2D eigenvalue weighted by atomic mass is 35.5. The molecule has 1 aromatic rings. The van der Waals surface area contributed by atoms with Gasteiger partial charge < -0.3 is 9.80 Å². The maximum absolute atomic E-state index is 13.5. The molecular weight excluding hydrogens is 398 g/mol. The molecule has 1 fully saturated rings. The van der Waals surface area contributed by atoms with E-state index in [9.17, 15) is 9.59 Å². The van der Waals surface area contributed by atoms with Gasteiger partial charge in [-0.2, -0.15) is 0 Å². The molecule has 0 spiro atoms. The number of fused-ring (bicyclic) bond motifs is 1. The predicted molar refractivity (Wildman–Crippen MR) is 121 cm³/mol. The Balaban J connectivity index is 1.62. The normalized spacial score (nSPS) is 23.7. The number of benzene rings is 1. The fourth-order valence-corrected chi connectivity index (χ4v) is 5.51. The second-order valence-corrected chi connectivity index (χ2v) is 9.63. The summed E-state index contributed by atoms with van der Waals surface area (Å²) in [6.45, 7) is 11.1. The molecule has 3 heterocycles. The highest BCUT2D eigenvalue weighted by Crippen LogP contribution is 2.40. The molecule has 0 saturated carbocycles. The highest BCUT2D eigenvalue weighted by molar-refractivity contribution is 6.35. The Hall–Kier alpha value is -1.98. The van der Waals surface area contributed by atoms with Crippen LogP contribution in [-0.2, 0) is 11.2 Å². The maximum atomic E-state index is 13.5. The van der Waals surface area contributed by atoms with Gasteiger partial charge in [-0.3, -0.25) is 9.59 Å². The Labute approximate surface area is 183 Å². The van der Waals surface area contributed by atoms with Crippen LogP contribution in [0.5, 0.6) is 0 Å². The molecule has 3 aliphatic rings. The van der Waals surface area contributed by atoms with Gasteiger partial charge >= 0.3 is 0 Å².